The van der Waals surface area contributed by atoms with Crippen molar-refractivity contribution in [2.24, 2.45) is 5.92 Å². The summed E-state index contributed by atoms with van der Waals surface area (Å²) >= 11 is 3.48. The second-order valence-electron chi connectivity index (χ2n) is 10.0. The number of anilines is 1. The Hall–Kier alpha value is -2.32. The summed E-state index contributed by atoms with van der Waals surface area (Å²) in [6.45, 7) is 9.69. The van der Waals surface area contributed by atoms with Crippen molar-refractivity contribution in [3.8, 4) is 5.00 Å². The van der Waals surface area contributed by atoms with Crippen molar-refractivity contribution in [2.45, 2.75) is 85.6 Å². The molecule has 4 rings (SSSR count). The molecule has 0 bridgehead atoms. The summed E-state index contributed by atoms with van der Waals surface area (Å²) in [4.78, 5) is 15.9. The first-order valence-electron chi connectivity index (χ1n) is 13.6. The molecule has 37 heavy (non-hydrogen) atoms. The van der Waals surface area contributed by atoms with Gasteiger partial charge in [-0.1, -0.05) is 13.8 Å². The predicted octanol–water partition coefficient (Wildman–Crippen LogP) is 7.02. The number of carbonyl (C=O) groups is 1. The summed E-state index contributed by atoms with van der Waals surface area (Å²) in [5.41, 5.74) is 5.15. The second kappa shape index (κ2) is 13.0. The standard InChI is InChI=1S/C29H39BN3O2S2/c1-5-23-20(14-11-12-19(3)4)22(28(37-23)33-16-9-10-17-33)18-31-29(34)32-27-25(26(30)35-6-2)21-13-7-8-15-24(21)36-27/h9-10,16-17,19H,5-8,11-15,18H2,1-4H3,(H2,31,32,34). The fraction of sp³-hybridized carbons (Fsp3) is 0.517. The minimum atomic E-state index is -0.208. The number of hydrogen-bond donors (Lipinski definition) is 2. The third-order valence-corrected chi connectivity index (χ3v) is 9.56. The van der Waals surface area contributed by atoms with Crippen molar-refractivity contribution < 1.29 is 9.53 Å². The average Bonchev–Trinajstić information content (AvgIpc) is 3.60. The molecule has 3 aromatic heterocycles. The number of hydrogen-bond acceptors (Lipinski definition) is 4. The fourth-order valence-corrected chi connectivity index (χ4v) is 7.68. The monoisotopic (exact) mass is 536 g/mol. The quantitative estimate of drug-likeness (QED) is 0.244. The van der Waals surface area contributed by atoms with Crippen LogP contribution in [0.5, 0.6) is 0 Å². The summed E-state index contributed by atoms with van der Waals surface area (Å²) in [5.74, 6) is 0.687. The van der Waals surface area contributed by atoms with E-state index < -0.39 is 0 Å². The van der Waals surface area contributed by atoms with Crippen molar-refractivity contribution >= 4 is 46.8 Å². The zero-order valence-corrected chi connectivity index (χ0v) is 24.2. The molecule has 0 unspecified atom stereocenters. The molecular weight excluding hydrogens is 497 g/mol. The van der Waals surface area contributed by atoms with Crippen LogP contribution in [0.2, 0.25) is 0 Å². The molecule has 8 heteroatoms. The molecule has 3 aromatic rings. The number of carbonyl (C=O) groups excluding carboxylic acids is 1. The summed E-state index contributed by atoms with van der Waals surface area (Å²) in [7, 11) is 6.32. The Morgan fingerprint density at radius 1 is 1.14 bits per heavy atom. The van der Waals surface area contributed by atoms with Gasteiger partial charge in [0.05, 0.1) is 0 Å². The van der Waals surface area contributed by atoms with Crippen LogP contribution in [0.25, 0.3) is 5.00 Å². The van der Waals surface area contributed by atoms with E-state index in [9.17, 15) is 4.79 Å². The number of nitrogens with one attached hydrogen (secondary N) is 2. The van der Waals surface area contributed by atoms with E-state index in [1.807, 2.05) is 30.4 Å². The van der Waals surface area contributed by atoms with Gasteiger partial charge in [0.1, 0.15) is 0 Å². The summed E-state index contributed by atoms with van der Waals surface area (Å²) < 4.78 is 7.85. The normalized spacial score (nSPS) is 13.0. The van der Waals surface area contributed by atoms with E-state index in [1.54, 1.807) is 11.3 Å². The van der Waals surface area contributed by atoms with Gasteiger partial charge in [0.25, 0.3) is 0 Å². The Balaban J connectivity index is 1.55. The van der Waals surface area contributed by atoms with Crippen LogP contribution in [0.1, 0.15) is 85.4 Å². The fourth-order valence-electron chi connectivity index (χ4n) is 5.12. The zero-order valence-electron chi connectivity index (χ0n) is 22.6. The van der Waals surface area contributed by atoms with Crippen LogP contribution in [0.15, 0.2) is 24.5 Å². The molecule has 2 amide bonds. The maximum atomic E-state index is 13.2. The van der Waals surface area contributed by atoms with Crippen LogP contribution in [-0.2, 0) is 37.0 Å². The van der Waals surface area contributed by atoms with Gasteiger partial charge in [-0.3, -0.25) is 0 Å². The molecule has 0 saturated carbocycles. The first kappa shape index (κ1) is 27.7. The maximum absolute atomic E-state index is 13.2. The van der Waals surface area contributed by atoms with Crippen LogP contribution in [0.3, 0.4) is 0 Å². The van der Waals surface area contributed by atoms with E-state index in [4.69, 9.17) is 12.2 Å². The molecule has 0 spiro atoms. The first-order valence-corrected chi connectivity index (χ1v) is 15.3. The molecule has 5 nitrogen and oxygen atoms in total. The van der Waals surface area contributed by atoms with Gasteiger partial charge >= 0.3 is 211 Å². The number of aromatic nitrogens is 1. The number of nitrogens with zero attached hydrogens (tertiary/aromatic N) is 1. The van der Waals surface area contributed by atoms with Crippen molar-refractivity contribution in [3.05, 3.63) is 56.5 Å². The molecule has 3 heterocycles. The molecule has 0 aliphatic heterocycles. The summed E-state index contributed by atoms with van der Waals surface area (Å²) in [6, 6.07) is 3.89. The minimum absolute atomic E-state index is 0.208. The van der Waals surface area contributed by atoms with Crippen LogP contribution in [0, 0.1) is 5.92 Å². The Bertz CT molecular complexity index is 1210. The van der Waals surface area contributed by atoms with Crippen LogP contribution >= 0.6 is 22.7 Å². The molecule has 0 fully saturated rings. The zero-order chi connectivity index (χ0) is 26.4. The number of ether oxygens (including phenoxy) is 1. The molecular formula is C29H39BN3O2S2. The van der Waals surface area contributed by atoms with Crippen molar-refractivity contribution in [1.29, 1.82) is 0 Å². The molecule has 1 radical (unpaired) electrons. The van der Waals surface area contributed by atoms with E-state index >= 15 is 0 Å². The van der Waals surface area contributed by atoms with Gasteiger partial charge in [0.2, 0.25) is 0 Å². The molecule has 0 saturated heterocycles. The summed E-state index contributed by atoms with van der Waals surface area (Å²) in [5, 5.41) is 8.27. The average molecular weight is 537 g/mol. The molecule has 0 aromatic carbocycles. The van der Waals surface area contributed by atoms with E-state index in [0.29, 0.717) is 24.7 Å². The van der Waals surface area contributed by atoms with E-state index in [1.165, 1.54) is 44.3 Å². The molecule has 197 valence electrons. The Kier molecular flexibility index (Phi) is 9.71. The first-order chi connectivity index (χ1) is 17.9. The van der Waals surface area contributed by atoms with Gasteiger partial charge in [-0.05, 0) is 5.92 Å². The number of urea groups is 1. The molecule has 1 aliphatic rings. The van der Waals surface area contributed by atoms with Gasteiger partial charge < -0.3 is 0 Å². The third-order valence-electron chi connectivity index (χ3n) is 6.92. The van der Waals surface area contributed by atoms with Crippen LogP contribution < -0.4 is 10.6 Å². The van der Waals surface area contributed by atoms with Gasteiger partial charge in [-0.2, -0.15) is 0 Å². The number of rotatable bonds is 12. The molecule has 2 N–H and O–H groups in total. The van der Waals surface area contributed by atoms with Crippen molar-refractivity contribution in [3.63, 3.8) is 0 Å². The molecule has 0 atom stereocenters. The SMILES string of the molecule is [B]=C(OCC)c1c(NC(=O)NCc2c(-n3cccc3)sc(CC)c2CCCC(C)C)sc2c1CCCC2. The number of fused-ring (bicyclic) bond motifs is 1. The molecule has 1 aliphatic carbocycles. The van der Waals surface area contributed by atoms with E-state index in [-0.39, 0.29) is 6.03 Å². The van der Waals surface area contributed by atoms with E-state index in [0.717, 1.165) is 49.1 Å². The van der Waals surface area contributed by atoms with Gasteiger partial charge in [-0.15, -0.1) is 0 Å². The van der Waals surface area contributed by atoms with Crippen LogP contribution in [-0.4, -0.2) is 30.3 Å². The second-order valence-corrected chi connectivity index (χ2v) is 12.2. The van der Waals surface area contributed by atoms with Crippen molar-refractivity contribution in [1.82, 2.24) is 9.88 Å². The number of amides is 2. The van der Waals surface area contributed by atoms with Gasteiger partial charge in [0, 0.05) is 0 Å². The van der Waals surface area contributed by atoms with Crippen LogP contribution in [0.4, 0.5) is 9.80 Å². The Labute approximate surface area is 230 Å². The van der Waals surface area contributed by atoms with E-state index in [2.05, 4.69) is 48.4 Å². The van der Waals surface area contributed by atoms with Gasteiger partial charge in [0.15, 0.2) is 0 Å². The summed E-state index contributed by atoms with van der Waals surface area (Å²) in [6.07, 6.45) is 12.9. The number of thiophene rings is 2. The number of aryl methyl sites for hydroxylation is 2. The predicted molar refractivity (Wildman–Crippen MR) is 159 cm³/mol. The third kappa shape index (κ3) is 6.58. The topological polar surface area (TPSA) is 55.3 Å². The Morgan fingerprint density at radius 3 is 2.59 bits per heavy atom. The van der Waals surface area contributed by atoms with Gasteiger partial charge in [-0.25, -0.2) is 0 Å². The van der Waals surface area contributed by atoms with Crippen molar-refractivity contribution in [2.75, 3.05) is 11.9 Å². The Morgan fingerprint density at radius 2 is 1.89 bits per heavy atom.